The van der Waals surface area contributed by atoms with Crippen molar-refractivity contribution in [3.8, 4) is 0 Å². The Balaban J connectivity index is 1.52. The van der Waals surface area contributed by atoms with Crippen LogP contribution in [0.1, 0.15) is 76.7 Å². The van der Waals surface area contributed by atoms with E-state index in [0.717, 1.165) is 29.8 Å². The molecule has 1 heterocycles. The molecule has 1 aliphatic heterocycles. The zero-order valence-corrected chi connectivity index (χ0v) is 18.8. The van der Waals surface area contributed by atoms with Gasteiger partial charge in [-0.3, -0.25) is 4.90 Å². The third-order valence-corrected chi connectivity index (χ3v) is 6.95. The maximum Gasteiger partial charge on any atom is 0.138 e. The molecule has 0 spiro atoms. The molecule has 4 heteroatoms. The number of nitrogens with zero attached hydrogens (tertiary/aromatic N) is 2. The lowest BCUT2D eigenvalue weighted by molar-refractivity contribution is 0.209. The van der Waals surface area contributed by atoms with Crippen LogP contribution in [0.2, 0.25) is 0 Å². The Labute approximate surface area is 177 Å². The molecule has 0 aromatic heterocycles. The van der Waals surface area contributed by atoms with Crippen molar-refractivity contribution in [1.82, 2.24) is 9.80 Å². The average Bonchev–Trinajstić information content (AvgIpc) is 2.70. The first-order valence-electron chi connectivity index (χ1n) is 11.0. The van der Waals surface area contributed by atoms with Gasteiger partial charge in [0, 0.05) is 13.1 Å². The van der Waals surface area contributed by atoms with Crippen LogP contribution in [0.5, 0.6) is 0 Å². The van der Waals surface area contributed by atoms with Crippen LogP contribution in [0.3, 0.4) is 0 Å². The van der Waals surface area contributed by atoms with Gasteiger partial charge in [-0.1, -0.05) is 119 Å². The quantitative estimate of drug-likeness (QED) is 0.250. The van der Waals surface area contributed by atoms with E-state index in [0.29, 0.717) is 0 Å². The first kappa shape index (κ1) is 22.7. The lowest BCUT2D eigenvalue weighted by atomic mass is 10.1. The first-order chi connectivity index (χ1) is 13.3. The molecule has 0 radical (unpaired) electrons. The molecule has 0 N–H and O–H groups in total. The van der Waals surface area contributed by atoms with Gasteiger partial charge >= 0.3 is 0 Å². The van der Waals surface area contributed by atoms with E-state index in [1.54, 1.807) is 0 Å². The molecular formula is C23H38N2S2. The smallest absolute Gasteiger partial charge is 0.138 e. The fourth-order valence-corrected chi connectivity index (χ4v) is 4.75. The van der Waals surface area contributed by atoms with Crippen molar-refractivity contribution in [2.24, 2.45) is 0 Å². The molecule has 0 atom stereocenters. The van der Waals surface area contributed by atoms with Gasteiger partial charge in [-0.25, -0.2) is 0 Å². The molecule has 1 fully saturated rings. The molecule has 0 amide bonds. The van der Waals surface area contributed by atoms with Gasteiger partial charge in [-0.15, -0.1) is 0 Å². The van der Waals surface area contributed by atoms with E-state index in [1.807, 2.05) is 11.8 Å². The van der Waals surface area contributed by atoms with Crippen LogP contribution in [0, 0.1) is 0 Å². The van der Waals surface area contributed by atoms with Gasteiger partial charge in [-0.2, -0.15) is 0 Å². The predicted molar refractivity (Wildman–Crippen MR) is 125 cm³/mol. The topological polar surface area (TPSA) is 6.48 Å². The van der Waals surface area contributed by atoms with Gasteiger partial charge in [0.1, 0.15) is 4.32 Å². The molecule has 0 saturated carbocycles. The molecular weight excluding hydrogens is 368 g/mol. The van der Waals surface area contributed by atoms with Crippen LogP contribution in [0.15, 0.2) is 30.3 Å². The van der Waals surface area contributed by atoms with Crippen LogP contribution < -0.4 is 0 Å². The Bertz CT molecular complexity index is 506. The Morgan fingerprint density at radius 1 is 0.852 bits per heavy atom. The number of thioether (sulfide) groups is 1. The van der Waals surface area contributed by atoms with E-state index in [1.165, 1.54) is 76.3 Å². The van der Waals surface area contributed by atoms with Crippen molar-refractivity contribution in [1.29, 1.82) is 0 Å². The standard InChI is InChI=1S/C23H38N2S2/c1-2-3-4-5-6-7-8-9-10-14-18-24-20-25(23(26)27-21-24)19-17-22-15-12-11-13-16-22/h11-13,15-16H,2-10,14,17-21H2,1H3. The van der Waals surface area contributed by atoms with Crippen LogP contribution in [-0.4, -0.2) is 39.8 Å². The summed E-state index contributed by atoms with van der Waals surface area (Å²) >= 11 is 7.41. The summed E-state index contributed by atoms with van der Waals surface area (Å²) in [5, 5.41) is 0. The van der Waals surface area contributed by atoms with Crippen molar-refractivity contribution in [2.75, 3.05) is 25.6 Å². The lowest BCUT2D eigenvalue weighted by Crippen LogP contribution is -2.45. The minimum absolute atomic E-state index is 1.01. The highest BCUT2D eigenvalue weighted by Crippen LogP contribution is 2.20. The van der Waals surface area contributed by atoms with Gasteiger partial charge in [0.2, 0.25) is 0 Å². The number of thiocarbonyl (C=S) groups is 1. The van der Waals surface area contributed by atoms with Crippen LogP contribution in [0.4, 0.5) is 0 Å². The molecule has 1 aliphatic rings. The highest BCUT2D eigenvalue weighted by atomic mass is 32.2. The minimum Gasteiger partial charge on any atom is -0.344 e. The van der Waals surface area contributed by atoms with Gasteiger partial charge in [0.25, 0.3) is 0 Å². The summed E-state index contributed by atoms with van der Waals surface area (Å²) in [6.07, 6.45) is 15.1. The normalized spacial score (nSPS) is 15.4. The number of hydrogen-bond donors (Lipinski definition) is 0. The number of rotatable bonds is 14. The monoisotopic (exact) mass is 406 g/mol. The van der Waals surface area contributed by atoms with Crippen LogP contribution in [-0.2, 0) is 6.42 Å². The van der Waals surface area contributed by atoms with Crippen molar-refractivity contribution in [2.45, 2.75) is 77.6 Å². The summed E-state index contributed by atoms with van der Waals surface area (Å²) in [5.41, 5.74) is 1.40. The Hall–Kier alpha value is -0.580. The minimum atomic E-state index is 1.01. The molecule has 1 aromatic rings. The highest BCUT2D eigenvalue weighted by molar-refractivity contribution is 8.22. The van der Waals surface area contributed by atoms with Gasteiger partial charge in [-0.05, 0) is 18.4 Å². The highest BCUT2D eigenvalue weighted by Gasteiger charge is 2.20. The summed E-state index contributed by atoms with van der Waals surface area (Å²) in [5.74, 6) is 1.07. The maximum atomic E-state index is 5.58. The molecule has 2 rings (SSSR count). The molecule has 1 aromatic carbocycles. The molecule has 0 aliphatic carbocycles. The summed E-state index contributed by atoms with van der Waals surface area (Å²) < 4.78 is 1.07. The third kappa shape index (κ3) is 9.96. The second-order valence-corrected chi connectivity index (χ2v) is 9.33. The van der Waals surface area contributed by atoms with E-state index in [-0.39, 0.29) is 0 Å². The summed E-state index contributed by atoms with van der Waals surface area (Å²) in [6.45, 7) is 5.55. The number of hydrogen-bond acceptors (Lipinski definition) is 3. The summed E-state index contributed by atoms with van der Waals surface area (Å²) in [4.78, 5) is 4.95. The molecule has 27 heavy (non-hydrogen) atoms. The number of unbranched alkanes of at least 4 members (excludes halogenated alkanes) is 9. The van der Waals surface area contributed by atoms with Crippen LogP contribution >= 0.6 is 24.0 Å². The average molecular weight is 407 g/mol. The van der Waals surface area contributed by atoms with E-state index in [4.69, 9.17) is 12.2 Å². The van der Waals surface area contributed by atoms with E-state index >= 15 is 0 Å². The molecule has 0 bridgehead atoms. The predicted octanol–water partition coefficient (Wildman–Crippen LogP) is 6.70. The molecule has 2 nitrogen and oxygen atoms in total. The van der Waals surface area contributed by atoms with Gasteiger partial charge in [0.15, 0.2) is 0 Å². The summed E-state index contributed by atoms with van der Waals surface area (Å²) in [6, 6.07) is 10.7. The zero-order valence-electron chi connectivity index (χ0n) is 17.2. The molecule has 1 saturated heterocycles. The number of benzene rings is 1. The largest absolute Gasteiger partial charge is 0.344 e. The SMILES string of the molecule is CCCCCCCCCCCCN1CSC(=S)N(CCc2ccccc2)C1. The van der Waals surface area contributed by atoms with Crippen molar-refractivity contribution in [3.05, 3.63) is 35.9 Å². The second kappa shape index (κ2) is 14.4. The first-order valence-corrected chi connectivity index (χ1v) is 12.4. The Morgan fingerprint density at radius 2 is 1.48 bits per heavy atom. The van der Waals surface area contributed by atoms with E-state index in [2.05, 4.69) is 47.1 Å². The zero-order chi connectivity index (χ0) is 19.2. The van der Waals surface area contributed by atoms with Crippen molar-refractivity contribution >= 4 is 28.3 Å². The van der Waals surface area contributed by atoms with E-state index in [9.17, 15) is 0 Å². The maximum absolute atomic E-state index is 5.58. The van der Waals surface area contributed by atoms with Gasteiger partial charge in [0.05, 0.1) is 12.5 Å². The van der Waals surface area contributed by atoms with Crippen molar-refractivity contribution in [3.63, 3.8) is 0 Å². The fourth-order valence-electron chi connectivity index (χ4n) is 3.61. The second-order valence-electron chi connectivity index (χ2n) is 7.76. The van der Waals surface area contributed by atoms with Crippen LogP contribution in [0.25, 0.3) is 0 Å². The Kier molecular flexibility index (Phi) is 12.1. The van der Waals surface area contributed by atoms with Gasteiger partial charge < -0.3 is 4.90 Å². The van der Waals surface area contributed by atoms with Crippen molar-refractivity contribution < 1.29 is 0 Å². The Morgan fingerprint density at radius 3 is 2.15 bits per heavy atom. The van der Waals surface area contributed by atoms with E-state index < -0.39 is 0 Å². The third-order valence-electron chi connectivity index (χ3n) is 5.34. The molecule has 152 valence electrons. The fraction of sp³-hybridized carbons (Fsp3) is 0.696. The lowest BCUT2D eigenvalue weighted by Gasteiger charge is -2.36. The summed E-state index contributed by atoms with van der Waals surface area (Å²) in [7, 11) is 0. The molecule has 0 unspecified atom stereocenters.